The van der Waals surface area contributed by atoms with E-state index in [1.54, 1.807) is 0 Å². The first kappa shape index (κ1) is 6.99. The van der Waals surface area contributed by atoms with Crippen LogP contribution in [-0.2, 0) is 4.74 Å². The molecule has 0 aliphatic carbocycles. The minimum Gasteiger partial charge on any atom is -0.381 e. The molecule has 3 nitrogen and oxygen atoms in total. The Morgan fingerprint density at radius 1 is 1.67 bits per heavy atom. The summed E-state index contributed by atoms with van der Waals surface area (Å²) in [4.78, 5) is 0. The third-order valence-corrected chi connectivity index (χ3v) is 1.69. The smallest absolute Gasteiger partial charge is 0.0495 e. The van der Waals surface area contributed by atoms with Crippen molar-refractivity contribution >= 4 is 0 Å². The summed E-state index contributed by atoms with van der Waals surface area (Å²) >= 11 is 0. The highest BCUT2D eigenvalue weighted by Crippen LogP contribution is 2.14. The number of hydroxylamine groups is 1. The van der Waals surface area contributed by atoms with E-state index in [0.29, 0.717) is 12.5 Å². The second-order valence-corrected chi connectivity index (χ2v) is 2.43. The maximum atomic E-state index is 8.24. The normalized spacial score (nSPS) is 27.0. The molecule has 1 aliphatic heterocycles. The van der Waals surface area contributed by atoms with Crippen molar-refractivity contribution < 1.29 is 9.94 Å². The lowest BCUT2D eigenvalue weighted by atomic mass is 10.1. The molecular formula is C6H13NO2. The van der Waals surface area contributed by atoms with Crippen molar-refractivity contribution in [3.8, 4) is 0 Å². The molecule has 0 radical (unpaired) electrons. The second-order valence-electron chi connectivity index (χ2n) is 2.43. The van der Waals surface area contributed by atoms with Crippen LogP contribution in [0.3, 0.4) is 0 Å². The Morgan fingerprint density at radius 3 is 3.11 bits per heavy atom. The summed E-state index contributed by atoms with van der Waals surface area (Å²) in [5.41, 5.74) is 2.14. The van der Waals surface area contributed by atoms with Crippen LogP contribution in [0.15, 0.2) is 0 Å². The van der Waals surface area contributed by atoms with Gasteiger partial charge in [0.15, 0.2) is 0 Å². The van der Waals surface area contributed by atoms with Crippen LogP contribution in [-0.4, -0.2) is 25.0 Å². The van der Waals surface area contributed by atoms with E-state index >= 15 is 0 Å². The third-order valence-electron chi connectivity index (χ3n) is 1.69. The zero-order chi connectivity index (χ0) is 6.53. The van der Waals surface area contributed by atoms with E-state index in [4.69, 9.17) is 9.94 Å². The molecule has 9 heavy (non-hydrogen) atoms. The Morgan fingerprint density at radius 2 is 2.56 bits per heavy atom. The van der Waals surface area contributed by atoms with Gasteiger partial charge in [0.2, 0.25) is 0 Å². The second kappa shape index (κ2) is 3.82. The molecule has 1 heterocycles. The molecule has 0 bridgehead atoms. The van der Waals surface area contributed by atoms with E-state index in [2.05, 4.69) is 5.48 Å². The first-order valence-electron chi connectivity index (χ1n) is 3.38. The third kappa shape index (κ3) is 2.30. The van der Waals surface area contributed by atoms with Crippen molar-refractivity contribution in [2.75, 3.05) is 19.8 Å². The quantitative estimate of drug-likeness (QED) is 0.544. The Hall–Kier alpha value is -0.120. The molecule has 3 heteroatoms. The summed E-state index contributed by atoms with van der Waals surface area (Å²) in [7, 11) is 0. The van der Waals surface area contributed by atoms with Crippen LogP contribution in [0.4, 0.5) is 0 Å². The Balaban J connectivity index is 1.98. The lowest BCUT2D eigenvalue weighted by Gasteiger charge is -2.03. The minimum absolute atomic E-state index is 0.671. The van der Waals surface area contributed by atoms with Crippen LogP contribution in [0.1, 0.15) is 12.8 Å². The Bertz CT molecular complexity index is 71.5. The maximum Gasteiger partial charge on any atom is 0.0495 e. The average Bonchev–Trinajstić information content (AvgIpc) is 2.34. The molecule has 1 fully saturated rings. The van der Waals surface area contributed by atoms with E-state index in [1.165, 1.54) is 0 Å². The van der Waals surface area contributed by atoms with Gasteiger partial charge in [0.05, 0.1) is 0 Å². The van der Waals surface area contributed by atoms with Crippen LogP contribution in [0, 0.1) is 5.92 Å². The van der Waals surface area contributed by atoms with E-state index in [9.17, 15) is 0 Å². The predicted molar refractivity (Wildman–Crippen MR) is 33.3 cm³/mol. The highest BCUT2D eigenvalue weighted by Gasteiger charge is 2.13. The van der Waals surface area contributed by atoms with Gasteiger partial charge in [-0.1, -0.05) is 0 Å². The number of rotatable bonds is 3. The molecule has 1 rings (SSSR count). The van der Waals surface area contributed by atoms with Gasteiger partial charge in [-0.2, -0.15) is 0 Å². The number of nitrogens with one attached hydrogen (secondary N) is 1. The Labute approximate surface area is 55.0 Å². The van der Waals surface area contributed by atoms with Gasteiger partial charge in [0.25, 0.3) is 0 Å². The molecule has 1 aliphatic rings. The summed E-state index contributed by atoms with van der Waals surface area (Å²) in [6.07, 6.45) is 2.18. The van der Waals surface area contributed by atoms with Crippen LogP contribution >= 0.6 is 0 Å². The molecule has 0 amide bonds. The van der Waals surface area contributed by atoms with Crippen molar-refractivity contribution in [3.63, 3.8) is 0 Å². The van der Waals surface area contributed by atoms with Gasteiger partial charge in [-0.25, -0.2) is 5.48 Å². The largest absolute Gasteiger partial charge is 0.381 e. The molecule has 1 atom stereocenters. The SMILES string of the molecule is ONCCC1CCOC1. The van der Waals surface area contributed by atoms with Gasteiger partial charge in [0.1, 0.15) is 0 Å². The summed E-state index contributed by atoms with van der Waals surface area (Å²) < 4.78 is 5.14. The van der Waals surface area contributed by atoms with Gasteiger partial charge in [0, 0.05) is 19.8 Å². The lowest BCUT2D eigenvalue weighted by molar-refractivity contribution is 0.151. The summed E-state index contributed by atoms with van der Waals surface area (Å²) in [5, 5.41) is 8.24. The molecule has 0 aromatic carbocycles. The van der Waals surface area contributed by atoms with Crippen molar-refractivity contribution in [1.82, 2.24) is 5.48 Å². The molecule has 1 unspecified atom stereocenters. The highest BCUT2D eigenvalue weighted by atomic mass is 16.5. The molecule has 0 aromatic rings. The molecule has 54 valence electrons. The molecule has 0 spiro atoms. The standard InChI is InChI=1S/C6H13NO2/c8-7-3-1-6-2-4-9-5-6/h6-8H,1-5H2. The summed E-state index contributed by atoms with van der Waals surface area (Å²) in [5.74, 6) is 0.671. The maximum absolute atomic E-state index is 8.24. The predicted octanol–water partition coefficient (Wildman–Crippen LogP) is 0.392. The molecular weight excluding hydrogens is 118 g/mol. The van der Waals surface area contributed by atoms with E-state index in [0.717, 1.165) is 26.1 Å². The molecule has 0 saturated carbocycles. The average molecular weight is 131 g/mol. The minimum atomic E-state index is 0.671. The lowest BCUT2D eigenvalue weighted by Crippen LogP contribution is -2.13. The first-order valence-corrected chi connectivity index (χ1v) is 3.38. The van der Waals surface area contributed by atoms with Crippen molar-refractivity contribution in [2.45, 2.75) is 12.8 Å². The fraction of sp³-hybridized carbons (Fsp3) is 1.00. The van der Waals surface area contributed by atoms with E-state index in [1.807, 2.05) is 0 Å². The van der Waals surface area contributed by atoms with Gasteiger partial charge < -0.3 is 9.94 Å². The van der Waals surface area contributed by atoms with Gasteiger partial charge >= 0.3 is 0 Å². The number of hydrogen-bond donors (Lipinski definition) is 2. The van der Waals surface area contributed by atoms with Crippen LogP contribution < -0.4 is 5.48 Å². The fourth-order valence-corrected chi connectivity index (χ4v) is 1.08. The van der Waals surface area contributed by atoms with Crippen molar-refractivity contribution in [3.05, 3.63) is 0 Å². The van der Waals surface area contributed by atoms with Crippen LogP contribution in [0.25, 0.3) is 0 Å². The van der Waals surface area contributed by atoms with Gasteiger partial charge in [-0.3, -0.25) is 0 Å². The topological polar surface area (TPSA) is 41.5 Å². The van der Waals surface area contributed by atoms with Crippen LogP contribution in [0.2, 0.25) is 0 Å². The molecule has 1 saturated heterocycles. The summed E-state index contributed by atoms with van der Waals surface area (Å²) in [6.45, 7) is 2.46. The van der Waals surface area contributed by atoms with E-state index in [-0.39, 0.29) is 0 Å². The zero-order valence-corrected chi connectivity index (χ0v) is 5.47. The zero-order valence-electron chi connectivity index (χ0n) is 5.47. The van der Waals surface area contributed by atoms with Crippen molar-refractivity contribution in [1.29, 1.82) is 0 Å². The van der Waals surface area contributed by atoms with E-state index < -0.39 is 0 Å². The highest BCUT2D eigenvalue weighted by molar-refractivity contribution is 4.63. The summed E-state index contributed by atoms with van der Waals surface area (Å²) in [6, 6.07) is 0. The van der Waals surface area contributed by atoms with Gasteiger partial charge in [-0.05, 0) is 18.8 Å². The monoisotopic (exact) mass is 131 g/mol. The number of hydrogen-bond acceptors (Lipinski definition) is 3. The molecule has 0 aromatic heterocycles. The Kier molecular flexibility index (Phi) is 2.97. The fourth-order valence-electron chi connectivity index (χ4n) is 1.08. The first-order chi connectivity index (χ1) is 4.43. The van der Waals surface area contributed by atoms with Gasteiger partial charge in [-0.15, -0.1) is 0 Å². The number of ether oxygens (including phenoxy) is 1. The molecule has 2 N–H and O–H groups in total. The van der Waals surface area contributed by atoms with Crippen molar-refractivity contribution in [2.24, 2.45) is 5.92 Å². The van der Waals surface area contributed by atoms with Crippen LogP contribution in [0.5, 0.6) is 0 Å².